The molecule has 0 unspecified atom stereocenters. The normalized spacial score (nSPS) is 16.1. The Morgan fingerprint density at radius 2 is 2.00 bits per heavy atom. The first-order valence-electron chi connectivity index (χ1n) is 11.2. The first kappa shape index (κ1) is 21.6. The van der Waals surface area contributed by atoms with Crippen molar-refractivity contribution in [3.05, 3.63) is 40.4 Å². The average molecular weight is 443 g/mol. The van der Waals surface area contributed by atoms with Crippen LogP contribution in [0.3, 0.4) is 0 Å². The lowest BCUT2D eigenvalue weighted by atomic mass is 10.1. The number of ether oxygens (including phenoxy) is 1. The van der Waals surface area contributed by atoms with E-state index in [1.807, 2.05) is 29.2 Å². The number of nitrogens with one attached hydrogen (secondary N) is 2. The summed E-state index contributed by atoms with van der Waals surface area (Å²) in [5, 5.41) is 6.49. The van der Waals surface area contributed by atoms with Crippen LogP contribution in [0.25, 0.3) is 0 Å². The van der Waals surface area contributed by atoms with Crippen LogP contribution in [-0.2, 0) is 13.0 Å². The average Bonchev–Trinajstić information content (AvgIpc) is 3.42. The van der Waals surface area contributed by atoms with E-state index in [1.165, 1.54) is 24.2 Å². The fourth-order valence-corrected chi connectivity index (χ4v) is 5.04. The molecule has 0 radical (unpaired) electrons. The topological polar surface area (TPSA) is 83.6 Å². The van der Waals surface area contributed by atoms with Crippen molar-refractivity contribution in [3.8, 4) is 5.75 Å². The van der Waals surface area contributed by atoms with Crippen LogP contribution in [0.5, 0.6) is 5.75 Å². The van der Waals surface area contributed by atoms with Gasteiger partial charge in [-0.2, -0.15) is 0 Å². The highest BCUT2D eigenvalue weighted by Gasteiger charge is 2.26. The predicted octanol–water partition coefficient (Wildman–Crippen LogP) is 4.58. The number of benzene rings is 1. The molecule has 3 amide bonds. The molecule has 2 N–H and O–H groups in total. The molecule has 8 heteroatoms. The zero-order valence-corrected chi connectivity index (χ0v) is 18.8. The molecule has 1 aromatic carbocycles. The maximum Gasteiger partial charge on any atom is 0.321 e. The molecule has 0 atom stereocenters. The van der Waals surface area contributed by atoms with Crippen molar-refractivity contribution in [2.75, 3.05) is 18.5 Å². The van der Waals surface area contributed by atoms with Crippen LogP contribution >= 0.6 is 11.3 Å². The highest BCUT2D eigenvalue weighted by atomic mass is 32.1. The zero-order chi connectivity index (χ0) is 21.6. The molecule has 1 fully saturated rings. The number of hydrogen-bond acceptors (Lipinski definition) is 5. The Hall–Kier alpha value is -2.61. The predicted molar refractivity (Wildman–Crippen MR) is 122 cm³/mol. The highest BCUT2D eigenvalue weighted by molar-refractivity contribution is 7.15. The number of unbranched alkanes of at least 4 members (excludes halogenated alkanes) is 1. The van der Waals surface area contributed by atoms with Crippen molar-refractivity contribution in [1.82, 2.24) is 15.2 Å². The molecule has 2 heterocycles. The van der Waals surface area contributed by atoms with Crippen molar-refractivity contribution in [3.63, 3.8) is 0 Å². The van der Waals surface area contributed by atoms with E-state index >= 15 is 0 Å². The Morgan fingerprint density at radius 3 is 2.74 bits per heavy atom. The summed E-state index contributed by atoms with van der Waals surface area (Å²) in [6.07, 6.45) is 7.25. The van der Waals surface area contributed by atoms with Gasteiger partial charge < -0.3 is 15.0 Å². The Bertz CT molecular complexity index is 906. The Morgan fingerprint density at radius 1 is 1.23 bits per heavy atom. The van der Waals surface area contributed by atoms with E-state index in [1.54, 1.807) is 0 Å². The second-order valence-corrected chi connectivity index (χ2v) is 9.26. The van der Waals surface area contributed by atoms with E-state index in [4.69, 9.17) is 4.74 Å². The van der Waals surface area contributed by atoms with Gasteiger partial charge in [0.05, 0.1) is 18.8 Å². The maximum absolute atomic E-state index is 12.9. The van der Waals surface area contributed by atoms with Crippen LogP contribution in [0.2, 0.25) is 0 Å². The number of amides is 3. The monoisotopic (exact) mass is 442 g/mol. The quantitative estimate of drug-likeness (QED) is 0.615. The molecule has 0 spiro atoms. The molecule has 4 rings (SSSR count). The highest BCUT2D eigenvalue weighted by Crippen LogP contribution is 2.29. The number of rotatable bonds is 7. The summed E-state index contributed by atoms with van der Waals surface area (Å²) in [6.45, 7) is 3.96. The van der Waals surface area contributed by atoms with Crippen LogP contribution in [0.4, 0.5) is 9.93 Å². The first-order valence-corrected chi connectivity index (χ1v) is 12.0. The lowest BCUT2D eigenvalue weighted by Gasteiger charge is -2.26. The molecule has 0 bridgehead atoms. The minimum absolute atomic E-state index is 0.00708. The number of anilines is 1. The van der Waals surface area contributed by atoms with Crippen molar-refractivity contribution in [2.45, 2.75) is 64.5 Å². The van der Waals surface area contributed by atoms with Crippen LogP contribution in [0.1, 0.15) is 66.4 Å². The molecule has 1 aliphatic heterocycles. The van der Waals surface area contributed by atoms with Gasteiger partial charge in [-0.25, -0.2) is 9.78 Å². The molecule has 2 aromatic rings. The van der Waals surface area contributed by atoms with Crippen LogP contribution in [-0.4, -0.2) is 41.0 Å². The van der Waals surface area contributed by atoms with Gasteiger partial charge >= 0.3 is 6.03 Å². The van der Waals surface area contributed by atoms with Crippen LogP contribution in [0, 0.1) is 0 Å². The third-order valence-electron chi connectivity index (χ3n) is 5.80. The molecule has 1 saturated carbocycles. The third kappa shape index (κ3) is 5.55. The third-order valence-corrected chi connectivity index (χ3v) is 6.80. The summed E-state index contributed by atoms with van der Waals surface area (Å²) in [5.74, 6) is 0.799. The van der Waals surface area contributed by atoms with Gasteiger partial charge in [-0.1, -0.05) is 37.5 Å². The Kier molecular flexibility index (Phi) is 7.06. The van der Waals surface area contributed by atoms with Crippen LogP contribution in [0.15, 0.2) is 24.3 Å². The minimum atomic E-state index is -0.188. The summed E-state index contributed by atoms with van der Waals surface area (Å²) in [5.41, 5.74) is 1.63. The first-order chi connectivity index (χ1) is 15.1. The number of aromatic nitrogens is 1. The van der Waals surface area contributed by atoms with Gasteiger partial charge in [0.25, 0.3) is 5.91 Å². The van der Waals surface area contributed by atoms with Gasteiger partial charge in [0.1, 0.15) is 5.75 Å². The summed E-state index contributed by atoms with van der Waals surface area (Å²) < 4.78 is 5.68. The van der Waals surface area contributed by atoms with E-state index in [0.29, 0.717) is 36.8 Å². The van der Waals surface area contributed by atoms with Crippen molar-refractivity contribution >= 4 is 28.4 Å². The van der Waals surface area contributed by atoms with Crippen LogP contribution < -0.4 is 15.4 Å². The van der Waals surface area contributed by atoms with Gasteiger partial charge in [-0.3, -0.25) is 10.1 Å². The Labute approximate surface area is 187 Å². The number of carbonyl (C=O) groups excluding carboxylic acids is 2. The minimum Gasteiger partial charge on any atom is -0.494 e. The van der Waals surface area contributed by atoms with Gasteiger partial charge in [-0.05, 0) is 43.5 Å². The number of carbonyl (C=O) groups is 2. The molecular weight excluding hydrogens is 412 g/mol. The standard InChI is InChI=1S/C23H30N4O3S/c1-2-3-14-30-18-10-8-16(9-11-18)21(28)27-13-12-19-20(15-27)31-23(25-19)26-22(29)24-17-6-4-5-7-17/h8-11,17H,2-7,12-15H2,1H3,(H2,24,25,26,29). The van der Waals surface area contributed by atoms with E-state index in [-0.39, 0.29) is 18.0 Å². The SMILES string of the molecule is CCCCOc1ccc(C(=O)N2CCc3nc(NC(=O)NC4CCCC4)sc3C2)cc1. The van der Waals surface area contributed by atoms with Gasteiger partial charge in [0.2, 0.25) is 0 Å². The van der Waals surface area contributed by atoms with E-state index in [0.717, 1.165) is 42.0 Å². The largest absolute Gasteiger partial charge is 0.494 e. The van der Waals surface area contributed by atoms with E-state index in [9.17, 15) is 9.59 Å². The second kappa shape index (κ2) is 10.1. The summed E-state index contributed by atoms with van der Waals surface area (Å²) in [4.78, 5) is 32.6. The lowest BCUT2D eigenvalue weighted by Crippen LogP contribution is -2.36. The maximum atomic E-state index is 12.9. The fourth-order valence-electron chi connectivity index (χ4n) is 4.02. The number of thiazole rings is 1. The molecule has 1 aliphatic carbocycles. The number of urea groups is 1. The molecule has 166 valence electrons. The number of hydrogen-bond donors (Lipinski definition) is 2. The fraction of sp³-hybridized carbons (Fsp3) is 0.522. The van der Waals surface area contributed by atoms with Gasteiger partial charge in [0.15, 0.2) is 5.13 Å². The molecule has 2 aliphatic rings. The van der Waals surface area contributed by atoms with Crippen molar-refractivity contribution < 1.29 is 14.3 Å². The number of nitrogens with zero attached hydrogens (tertiary/aromatic N) is 2. The molecule has 31 heavy (non-hydrogen) atoms. The molecule has 7 nitrogen and oxygen atoms in total. The zero-order valence-electron chi connectivity index (χ0n) is 18.0. The second-order valence-electron chi connectivity index (χ2n) is 8.17. The molecule has 1 aromatic heterocycles. The van der Waals surface area contributed by atoms with E-state index in [2.05, 4.69) is 22.5 Å². The Balaban J connectivity index is 1.33. The van der Waals surface area contributed by atoms with Gasteiger partial charge in [0, 0.05) is 29.4 Å². The molecular formula is C23H30N4O3S. The van der Waals surface area contributed by atoms with E-state index < -0.39 is 0 Å². The lowest BCUT2D eigenvalue weighted by molar-refractivity contribution is 0.0736. The summed E-state index contributed by atoms with van der Waals surface area (Å²) >= 11 is 1.45. The van der Waals surface area contributed by atoms with Crippen molar-refractivity contribution in [2.24, 2.45) is 0 Å². The van der Waals surface area contributed by atoms with Crippen molar-refractivity contribution in [1.29, 1.82) is 0 Å². The number of fused-ring (bicyclic) bond motifs is 1. The summed E-state index contributed by atoms with van der Waals surface area (Å²) in [7, 11) is 0. The summed E-state index contributed by atoms with van der Waals surface area (Å²) in [6, 6.07) is 7.45. The van der Waals surface area contributed by atoms with Gasteiger partial charge in [-0.15, -0.1) is 0 Å². The smallest absolute Gasteiger partial charge is 0.321 e. The molecule has 0 saturated heterocycles.